The first-order valence-corrected chi connectivity index (χ1v) is 7.25. The third-order valence-corrected chi connectivity index (χ3v) is 5.03. The van der Waals surface area contributed by atoms with Gasteiger partial charge in [-0.05, 0) is 39.4 Å². The van der Waals surface area contributed by atoms with Crippen molar-refractivity contribution in [2.45, 2.75) is 38.4 Å². The molecule has 1 unspecified atom stereocenters. The van der Waals surface area contributed by atoms with Crippen LogP contribution in [-0.2, 0) is 0 Å². The summed E-state index contributed by atoms with van der Waals surface area (Å²) < 4.78 is 0.331. The zero-order valence-electron chi connectivity index (χ0n) is 10.5. The molecule has 0 amide bonds. The molecule has 0 aliphatic carbocycles. The smallest absolute Gasteiger partial charge is 0.137 e. The molecule has 5 heteroatoms. The molecule has 0 spiro atoms. The predicted molar refractivity (Wildman–Crippen MR) is 75.1 cm³/mol. The predicted octanol–water partition coefficient (Wildman–Crippen LogP) is 3.44. The molecule has 1 saturated heterocycles. The number of nitrogens with zero attached hydrogens (tertiary/aromatic N) is 2. The van der Waals surface area contributed by atoms with Crippen molar-refractivity contribution in [3.05, 3.63) is 16.5 Å². The van der Waals surface area contributed by atoms with E-state index >= 15 is 0 Å². The maximum Gasteiger partial charge on any atom is 0.137 e. The summed E-state index contributed by atoms with van der Waals surface area (Å²) in [5, 5.41) is 3.97. The van der Waals surface area contributed by atoms with Gasteiger partial charge in [-0.2, -0.15) is 11.8 Å². The Morgan fingerprint density at radius 3 is 2.82 bits per heavy atom. The van der Waals surface area contributed by atoms with E-state index in [1.807, 2.05) is 25.6 Å². The van der Waals surface area contributed by atoms with E-state index in [0.717, 1.165) is 17.9 Å². The number of aromatic nitrogens is 2. The molecule has 1 aliphatic rings. The van der Waals surface area contributed by atoms with Crippen molar-refractivity contribution < 1.29 is 0 Å². The van der Waals surface area contributed by atoms with Crippen molar-refractivity contribution in [2.24, 2.45) is 0 Å². The molecule has 1 aromatic heterocycles. The van der Waals surface area contributed by atoms with Gasteiger partial charge in [-0.1, -0.05) is 11.6 Å². The van der Waals surface area contributed by atoms with Crippen molar-refractivity contribution in [3.8, 4) is 0 Å². The topological polar surface area (TPSA) is 37.8 Å². The number of halogens is 1. The molecule has 2 rings (SSSR count). The van der Waals surface area contributed by atoms with E-state index < -0.39 is 0 Å². The van der Waals surface area contributed by atoms with Crippen LogP contribution in [0.4, 0.5) is 5.82 Å². The van der Waals surface area contributed by atoms with Crippen LogP contribution in [0, 0.1) is 13.8 Å². The van der Waals surface area contributed by atoms with Gasteiger partial charge < -0.3 is 5.32 Å². The summed E-state index contributed by atoms with van der Waals surface area (Å²) >= 11 is 8.09. The van der Waals surface area contributed by atoms with Crippen molar-refractivity contribution >= 4 is 29.2 Å². The van der Waals surface area contributed by atoms with Crippen molar-refractivity contribution in [2.75, 3.05) is 17.6 Å². The highest BCUT2D eigenvalue weighted by molar-refractivity contribution is 8.00. The molecule has 94 valence electrons. The standard InChI is InChI=1S/C12H18ClN3S/c1-8-10(13)15-9(2)16-11(8)14-7-12(3)5-4-6-17-12/h4-7H2,1-3H3,(H,14,15,16). The number of hydrogen-bond acceptors (Lipinski definition) is 4. The van der Waals surface area contributed by atoms with Gasteiger partial charge in [-0.15, -0.1) is 0 Å². The Morgan fingerprint density at radius 1 is 1.41 bits per heavy atom. The largest absolute Gasteiger partial charge is 0.368 e. The van der Waals surface area contributed by atoms with Gasteiger partial charge in [0.15, 0.2) is 0 Å². The van der Waals surface area contributed by atoms with Crippen LogP contribution in [0.15, 0.2) is 0 Å². The average Bonchev–Trinajstić information content (AvgIpc) is 2.69. The molecule has 0 radical (unpaired) electrons. The number of anilines is 1. The second-order valence-electron chi connectivity index (χ2n) is 4.79. The molecule has 2 heterocycles. The van der Waals surface area contributed by atoms with E-state index in [0.29, 0.717) is 15.7 Å². The highest BCUT2D eigenvalue weighted by Crippen LogP contribution is 2.37. The second kappa shape index (κ2) is 5.02. The van der Waals surface area contributed by atoms with Gasteiger partial charge in [0, 0.05) is 16.9 Å². The molecule has 1 aromatic rings. The highest BCUT2D eigenvalue weighted by Gasteiger charge is 2.29. The molecular weight excluding hydrogens is 254 g/mol. The molecule has 3 nitrogen and oxygen atoms in total. The number of rotatable bonds is 3. The fourth-order valence-corrected chi connectivity index (χ4v) is 3.47. The SMILES string of the molecule is Cc1nc(Cl)c(C)c(NCC2(C)CCCS2)n1. The first kappa shape index (κ1) is 13.0. The van der Waals surface area contributed by atoms with Crippen LogP contribution in [0.2, 0.25) is 5.15 Å². The van der Waals surface area contributed by atoms with Crippen LogP contribution < -0.4 is 5.32 Å². The maximum atomic E-state index is 6.05. The van der Waals surface area contributed by atoms with Gasteiger partial charge in [-0.3, -0.25) is 0 Å². The molecule has 1 aliphatic heterocycles. The minimum absolute atomic E-state index is 0.331. The first-order valence-electron chi connectivity index (χ1n) is 5.89. The Labute approximate surface area is 112 Å². The van der Waals surface area contributed by atoms with Crippen LogP contribution in [0.3, 0.4) is 0 Å². The molecule has 0 aromatic carbocycles. The maximum absolute atomic E-state index is 6.05. The average molecular weight is 272 g/mol. The quantitative estimate of drug-likeness (QED) is 0.855. The highest BCUT2D eigenvalue weighted by atomic mass is 35.5. The van der Waals surface area contributed by atoms with Crippen molar-refractivity contribution in [3.63, 3.8) is 0 Å². The van der Waals surface area contributed by atoms with Gasteiger partial charge in [0.25, 0.3) is 0 Å². The lowest BCUT2D eigenvalue weighted by atomic mass is 10.1. The summed E-state index contributed by atoms with van der Waals surface area (Å²) in [4.78, 5) is 8.55. The van der Waals surface area contributed by atoms with Crippen molar-refractivity contribution in [1.82, 2.24) is 9.97 Å². The molecule has 0 bridgehead atoms. The summed E-state index contributed by atoms with van der Waals surface area (Å²) in [5.41, 5.74) is 0.934. The Morgan fingerprint density at radius 2 is 2.18 bits per heavy atom. The summed E-state index contributed by atoms with van der Waals surface area (Å²) in [5.74, 6) is 2.85. The normalized spacial score (nSPS) is 24.0. The fraction of sp³-hybridized carbons (Fsp3) is 0.667. The minimum Gasteiger partial charge on any atom is -0.368 e. The van der Waals surface area contributed by atoms with Gasteiger partial charge in [0.1, 0.15) is 16.8 Å². The Hall–Kier alpha value is -0.480. The van der Waals surface area contributed by atoms with Crippen LogP contribution in [-0.4, -0.2) is 27.0 Å². The molecule has 1 N–H and O–H groups in total. The number of aryl methyl sites for hydroxylation is 1. The van der Waals surface area contributed by atoms with E-state index in [9.17, 15) is 0 Å². The van der Waals surface area contributed by atoms with Gasteiger partial charge in [0.05, 0.1) is 0 Å². The zero-order valence-corrected chi connectivity index (χ0v) is 12.1. The Kier molecular flexibility index (Phi) is 3.83. The fourth-order valence-electron chi connectivity index (χ4n) is 2.01. The minimum atomic E-state index is 0.331. The summed E-state index contributed by atoms with van der Waals surface area (Å²) in [6.07, 6.45) is 2.58. The summed E-state index contributed by atoms with van der Waals surface area (Å²) in [6.45, 7) is 7.06. The van der Waals surface area contributed by atoms with E-state index in [4.69, 9.17) is 11.6 Å². The summed E-state index contributed by atoms with van der Waals surface area (Å²) in [7, 11) is 0. The lowest BCUT2D eigenvalue weighted by molar-refractivity contribution is 0.633. The third-order valence-electron chi connectivity index (χ3n) is 3.13. The summed E-state index contributed by atoms with van der Waals surface area (Å²) in [6, 6.07) is 0. The van der Waals surface area contributed by atoms with Crippen LogP contribution in [0.1, 0.15) is 31.2 Å². The van der Waals surface area contributed by atoms with E-state index in [1.54, 1.807) is 0 Å². The monoisotopic (exact) mass is 271 g/mol. The van der Waals surface area contributed by atoms with Crippen LogP contribution in [0.25, 0.3) is 0 Å². The molecule has 0 saturated carbocycles. The Balaban J connectivity index is 2.08. The number of hydrogen-bond donors (Lipinski definition) is 1. The van der Waals surface area contributed by atoms with Gasteiger partial charge in [0.2, 0.25) is 0 Å². The Bertz CT molecular complexity index is 416. The van der Waals surface area contributed by atoms with Crippen LogP contribution in [0.5, 0.6) is 0 Å². The lowest BCUT2D eigenvalue weighted by Gasteiger charge is -2.23. The van der Waals surface area contributed by atoms with Gasteiger partial charge >= 0.3 is 0 Å². The molecular formula is C12H18ClN3S. The van der Waals surface area contributed by atoms with E-state index in [2.05, 4.69) is 22.2 Å². The van der Waals surface area contributed by atoms with Crippen LogP contribution >= 0.6 is 23.4 Å². The number of nitrogens with one attached hydrogen (secondary N) is 1. The number of thioether (sulfide) groups is 1. The second-order valence-corrected chi connectivity index (χ2v) is 6.83. The van der Waals surface area contributed by atoms with Gasteiger partial charge in [-0.25, -0.2) is 9.97 Å². The first-order chi connectivity index (χ1) is 8.00. The molecule has 1 atom stereocenters. The van der Waals surface area contributed by atoms with Crippen molar-refractivity contribution in [1.29, 1.82) is 0 Å². The third kappa shape index (κ3) is 3.05. The molecule has 1 fully saturated rings. The van der Waals surface area contributed by atoms with E-state index in [1.165, 1.54) is 18.6 Å². The molecule has 17 heavy (non-hydrogen) atoms. The van der Waals surface area contributed by atoms with E-state index in [-0.39, 0.29) is 0 Å². The zero-order chi connectivity index (χ0) is 12.5. The lowest BCUT2D eigenvalue weighted by Crippen LogP contribution is -2.27.